The van der Waals surface area contributed by atoms with Crippen LogP contribution in [0.4, 0.5) is 0 Å². The maximum atomic E-state index is 13.5. The van der Waals surface area contributed by atoms with Crippen LogP contribution in [-0.2, 0) is 4.79 Å². The second-order valence-corrected chi connectivity index (χ2v) is 7.78. The van der Waals surface area contributed by atoms with E-state index in [0.717, 1.165) is 5.56 Å². The highest BCUT2D eigenvalue weighted by Crippen LogP contribution is 2.27. The Hall–Kier alpha value is -2.78. The molecule has 1 atom stereocenters. The number of rotatable bonds is 3. The number of aliphatic hydroxyl groups is 1. The fourth-order valence-electron chi connectivity index (χ4n) is 3.57. The molecule has 1 aliphatic heterocycles. The first-order valence-corrected chi connectivity index (χ1v) is 9.52. The molecule has 1 unspecified atom stereocenters. The third-order valence-electron chi connectivity index (χ3n) is 5.30. The summed E-state index contributed by atoms with van der Waals surface area (Å²) in [7, 11) is 0. The summed E-state index contributed by atoms with van der Waals surface area (Å²) in [4.78, 5) is 31.6. The monoisotopic (exact) mass is 399 g/mol. The van der Waals surface area contributed by atoms with Gasteiger partial charge in [-0.05, 0) is 25.3 Å². The van der Waals surface area contributed by atoms with Crippen LogP contribution in [0.2, 0.25) is 0 Å². The number of aromatic amines is 2. The van der Waals surface area contributed by atoms with Gasteiger partial charge in [0.05, 0.1) is 11.9 Å². The molecule has 1 aromatic carbocycles. The lowest BCUT2D eigenvalue weighted by Crippen LogP contribution is -2.47. The molecule has 9 heteroatoms. The highest BCUT2D eigenvalue weighted by Gasteiger charge is 2.34. The summed E-state index contributed by atoms with van der Waals surface area (Å²) in [6.07, 6.45) is 2.52. The lowest BCUT2D eigenvalue weighted by atomic mass is 9.93. The molecule has 3 N–H and O–H groups in total. The second-order valence-electron chi connectivity index (χ2n) is 7.40. The number of amides is 1. The number of nitrogens with one attached hydrogen (secondary N) is 2. The number of hydrogen-bond donors (Lipinski definition) is 3. The minimum absolute atomic E-state index is 0.133. The Kier molecular flexibility index (Phi) is 4.64. The van der Waals surface area contributed by atoms with E-state index in [1.807, 2.05) is 30.3 Å². The maximum Gasteiger partial charge on any atom is 0.276 e. The number of aromatic nitrogens is 4. The van der Waals surface area contributed by atoms with Crippen molar-refractivity contribution in [2.45, 2.75) is 31.4 Å². The van der Waals surface area contributed by atoms with Gasteiger partial charge < -0.3 is 14.6 Å². The van der Waals surface area contributed by atoms with Gasteiger partial charge in [0.1, 0.15) is 16.1 Å². The van der Waals surface area contributed by atoms with Gasteiger partial charge >= 0.3 is 0 Å². The Morgan fingerprint density at radius 3 is 2.61 bits per heavy atom. The van der Waals surface area contributed by atoms with E-state index < -0.39 is 11.6 Å². The van der Waals surface area contributed by atoms with Crippen LogP contribution in [0.15, 0.2) is 41.5 Å². The van der Waals surface area contributed by atoms with E-state index in [9.17, 15) is 14.7 Å². The number of nitrogens with zero attached hydrogens (tertiary/aromatic N) is 3. The predicted molar refractivity (Wildman–Crippen MR) is 107 cm³/mol. The van der Waals surface area contributed by atoms with E-state index in [1.54, 1.807) is 16.4 Å². The van der Waals surface area contributed by atoms with Crippen LogP contribution in [0.25, 0.3) is 11.0 Å². The van der Waals surface area contributed by atoms with E-state index in [0.29, 0.717) is 31.6 Å². The van der Waals surface area contributed by atoms with Crippen molar-refractivity contribution in [1.82, 2.24) is 24.6 Å². The molecule has 3 aromatic rings. The normalized spacial score (nSPS) is 17.6. The molecule has 28 heavy (non-hydrogen) atoms. The maximum absolute atomic E-state index is 13.5. The number of fused-ring (bicyclic) bond motifs is 1. The third-order valence-corrected chi connectivity index (χ3v) is 5.71. The van der Waals surface area contributed by atoms with Gasteiger partial charge in [0.2, 0.25) is 5.91 Å². The Balaban J connectivity index is 1.81. The number of benzene rings is 1. The number of carbonyl (C=O) groups excluding carboxylic acids is 1. The predicted octanol–water partition coefficient (Wildman–Crippen LogP) is 1.74. The molecule has 1 saturated heterocycles. The zero-order valence-corrected chi connectivity index (χ0v) is 16.2. The van der Waals surface area contributed by atoms with E-state index in [2.05, 4.69) is 15.2 Å². The van der Waals surface area contributed by atoms with Gasteiger partial charge in [0.25, 0.3) is 5.56 Å². The summed E-state index contributed by atoms with van der Waals surface area (Å²) in [5.41, 5.74) is -0.00229. The third kappa shape index (κ3) is 3.27. The number of likely N-dealkylation sites (tertiary alicyclic amines) is 1. The molecule has 0 radical (unpaired) electrons. The molecule has 1 amide bonds. The quantitative estimate of drug-likeness (QED) is 0.582. The fourth-order valence-corrected chi connectivity index (χ4v) is 3.91. The van der Waals surface area contributed by atoms with Crippen molar-refractivity contribution in [1.29, 1.82) is 0 Å². The molecule has 0 spiro atoms. The molecule has 0 aliphatic carbocycles. The largest absolute Gasteiger partial charge is 0.390 e. The Labute approximate surface area is 165 Å². The molecule has 3 heterocycles. The van der Waals surface area contributed by atoms with Crippen LogP contribution in [0.1, 0.15) is 31.4 Å². The summed E-state index contributed by atoms with van der Waals surface area (Å²) in [6.45, 7) is 2.71. The van der Waals surface area contributed by atoms with Crippen LogP contribution in [0, 0.1) is 4.64 Å². The van der Waals surface area contributed by atoms with E-state index >= 15 is 0 Å². The van der Waals surface area contributed by atoms with Gasteiger partial charge in [-0.15, -0.1) is 0 Å². The zero-order chi connectivity index (χ0) is 19.9. The number of H-pyrrole nitrogens is 2. The average molecular weight is 399 g/mol. The SMILES string of the molecule is CC1(O)CCN(C(=O)C(c2ccccc2)n2cnc3[nH][nH]c(=O)c3c2=S)CC1. The summed E-state index contributed by atoms with van der Waals surface area (Å²) in [5.74, 6) is -0.133. The minimum Gasteiger partial charge on any atom is -0.390 e. The molecule has 1 fully saturated rings. The van der Waals surface area contributed by atoms with Crippen molar-refractivity contribution in [3.8, 4) is 0 Å². The summed E-state index contributed by atoms with van der Waals surface area (Å²) >= 11 is 5.54. The first kappa shape index (κ1) is 18.6. The van der Waals surface area contributed by atoms with Gasteiger partial charge in [0, 0.05) is 13.1 Å². The van der Waals surface area contributed by atoms with Crippen molar-refractivity contribution in [2.24, 2.45) is 0 Å². The van der Waals surface area contributed by atoms with Crippen molar-refractivity contribution >= 4 is 29.2 Å². The highest BCUT2D eigenvalue weighted by atomic mass is 32.1. The molecule has 146 valence electrons. The second kappa shape index (κ2) is 6.99. The standard InChI is InChI=1S/C19H21N5O3S/c1-19(27)7-9-23(10-8-19)17(26)14(12-5-3-2-4-6-12)24-11-20-15-13(18(24)28)16(25)22-21-15/h2-6,11,14,27H,7-10H2,1H3,(H2,21,22,25). The van der Waals surface area contributed by atoms with E-state index in [-0.39, 0.29) is 21.5 Å². The van der Waals surface area contributed by atoms with Gasteiger partial charge in [-0.25, -0.2) is 4.98 Å². The average Bonchev–Trinajstić information content (AvgIpc) is 3.06. The molecular weight excluding hydrogens is 378 g/mol. The Morgan fingerprint density at radius 1 is 1.25 bits per heavy atom. The van der Waals surface area contributed by atoms with Gasteiger partial charge in [-0.2, -0.15) is 0 Å². The van der Waals surface area contributed by atoms with Gasteiger partial charge in [-0.1, -0.05) is 42.5 Å². The van der Waals surface area contributed by atoms with Crippen LogP contribution >= 0.6 is 12.2 Å². The lowest BCUT2D eigenvalue weighted by Gasteiger charge is -2.37. The zero-order valence-electron chi connectivity index (χ0n) is 15.4. The Morgan fingerprint density at radius 2 is 1.93 bits per heavy atom. The van der Waals surface area contributed by atoms with Crippen LogP contribution in [-0.4, -0.2) is 54.4 Å². The Bertz CT molecular complexity index is 1120. The summed E-state index contributed by atoms with van der Waals surface area (Å²) in [5, 5.41) is 15.6. The van der Waals surface area contributed by atoms with Crippen molar-refractivity contribution in [3.63, 3.8) is 0 Å². The minimum atomic E-state index is -0.756. The summed E-state index contributed by atoms with van der Waals surface area (Å²) in [6, 6.07) is 8.57. The molecular formula is C19H21N5O3S. The molecule has 0 saturated carbocycles. The molecule has 8 nitrogen and oxygen atoms in total. The molecule has 1 aliphatic rings. The number of hydrogen-bond acceptors (Lipinski definition) is 5. The van der Waals surface area contributed by atoms with Crippen molar-refractivity contribution in [3.05, 3.63) is 57.2 Å². The smallest absolute Gasteiger partial charge is 0.276 e. The van der Waals surface area contributed by atoms with Crippen LogP contribution in [0.5, 0.6) is 0 Å². The summed E-state index contributed by atoms with van der Waals surface area (Å²) < 4.78 is 1.82. The fraction of sp³-hybridized carbons (Fsp3) is 0.368. The van der Waals surface area contributed by atoms with Crippen molar-refractivity contribution in [2.75, 3.05) is 13.1 Å². The number of piperidine rings is 1. The molecule has 4 rings (SSSR count). The van der Waals surface area contributed by atoms with Crippen LogP contribution < -0.4 is 5.56 Å². The van der Waals surface area contributed by atoms with Gasteiger partial charge in [0.15, 0.2) is 5.65 Å². The lowest BCUT2D eigenvalue weighted by molar-refractivity contribution is -0.137. The van der Waals surface area contributed by atoms with E-state index in [1.165, 1.54) is 6.33 Å². The highest BCUT2D eigenvalue weighted by molar-refractivity contribution is 7.71. The van der Waals surface area contributed by atoms with Crippen molar-refractivity contribution < 1.29 is 9.90 Å². The van der Waals surface area contributed by atoms with E-state index in [4.69, 9.17) is 12.2 Å². The first-order chi connectivity index (χ1) is 13.4. The van der Waals surface area contributed by atoms with Gasteiger partial charge in [-0.3, -0.25) is 19.8 Å². The van der Waals surface area contributed by atoms with Crippen LogP contribution in [0.3, 0.4) is 0 Å². The molecule has 0 bridgehead atoms. The molecule has 2 aromatic heterocycles. The topological polar surface area (TPSA) is 107 Å². The first-order valence-electron chi connectivity index (χ1n) is 9.11. The number of carbonyl (C=O) groups is 1.